The normalized spacial score (nSPS) is 10.0. The van der Waals surface area contributed by atoms with Crippen LogP contribution in [0.4, 0.5) is 15.8 Å². The number of benzene rings is 2. The van der Waals surface area contributed by atoms with E-state index >= 15 is 0 Å². The van der Waals surface area contributed by atoms with Crippen molar-refractivity contribution < 1.29 is 23.5 Å². The molecule has 0 saturated heterocycles. The Labute approximate surface area is 150 Å². The number of nitrogens with one attached hydrogen (secondary N) is 1. The van der Waals surface area contributed by atoms with Crippen LogP contribution in [0.1, 0.15) is 10.4 Å². The molecule has 6 nitrogen and oxygen atoms in total. The van der Waals surface area contributed by atoms with E-state index in [1.165, 1.54) is 31.3 Å². The van der Waals surface area contributed by atoms with Crippen LogP contribution in [-0.2, 0) is 4.79 Å². The lowest BCUT2D eigenvalue weighted by molar-refractivity contribution is -0.113. The van der Waals surface area contributed by atoms with Crippen LogP contribution in [0, 0.1) is 5.82 Å². The molecule has 0 aliphatic carbocycles. The summed E-state index contributed by atoms with van der Waals surface area (Å²) in [6, 6.07) is 8.85. The highest BCUT2D eigenvalue weighted by molar-refractivity contribution is 6.06. The van der Waals surface area contributed by atoms with E-state index in [1.807, 2.05) is 0 Å². The molecule has 1 N–H and O–H groups in total. The lowest BCUT2D eigenvalue weighted by atomic mass is 10.1. The molecule has 2 rings (SSSR count). The Morgan fingerprint density at radius 3 is 2.27 bits per heavy atom. The molecule has 0 bridgehead atoms. The number of nitrogens with zero attached hydrogens (tertiary/aromatic N) is 1. The molecule has 0 heterocycles. The van der Waals surface area contributed by atoms with Crippen molar-refractivity contribution in [3.8, 4) is 11.5 Å². The molecule has 0 radical (unpaired) electrons. The molecule has 0 saturated carbocycles. The topological polar surface area (TPSA) is 67.9 Å². The van der Waals surface area contributed by atoms with E-state index < -0.39 is 11.7 Å². The average molecular weight is 358 g/mol. The Kier molecular flexibility index (Phi) is 5.95. The minimum Gasteiger partial charge on any atom is -0.494 e. The maximum atomic E-state index is 13.9. The van der Waals surface area contributed by atoms with Crippen LogP contribution in [-0.4, -0.2) is 33.1 Å². The van der Waals surface area contributed by atoms with Crippen molar-refractivity contribution in [2.75, 3.05) is 31.5 Å². The second-order valence-electron chi connectivity index (χ2n) is 5.29. The molecular formula is C19H19FN2O4. The number of hydrogen-bond acceptors (Lipinski definition) is 4. The zero-order valence-electron chi connectivity index (χ0n) is 14.7. The van der Waals surface area contributed by atoms with Gasteiger partial charge >= 0.3 is 0 Å². The van der Waals surface area contributed by atoms with Crippen molar-refractivity contribution in [1.29, 1.82) is 0 Å². The summed E-state index contributed by atoms with van der Waals surface area (Å²) >= 11 is 0. The third-order valence-corrected chi connectivity index (χ3v) is 3.74. The fourth-order valence-corrected chi connectivity index (χ4v) is 2.25. The van der Waals surface area contributed by atoms with Crippen LogP contribution in [0.3, 0.4) is 0 Å². The van der Waals surface area contributed by atoms with Gasteiger partial charge in [-0.3, -0.25) is 9.59 Å². The molecule has 0 aliphatic rings. The van der Waals surface area contributed by atoms with Crippen molar-refractivity contribution in [3.63, 3.8) is 0 Å². The molecule has 7 heteroatoms. The third-order valence-electron chi connectivity index (χ3n) is 3.74. The van der Waals surface area contributed by atoms with Crippen molar-refractivity contribution in [2.45, 2.75) is 0 Å². The molecule has 2 aromatic rings. The maximum absolute atomic E-state index is 13.9. The van der Waals surface area contributed by atoms with E-state index in [0.29, 0.717) is 11.3 Å². The first-order valence-corrected chi connectivity index (χ1v) is 7.64. The van der Waals surface area contributed by atoms with Crippen molar-refractivity contribution in [1.82, 2.24) is 0 Å². The van der Waals surface area contributed by atoms with Gasteiger partial charge in [-0.25, -0.2) is 4.39 Å². The molecule has 0 unspecified atom stereocenters. The maximum Gasteiger partial charge on any atom is 0.255 e. The molecular weight excluding hydrogens is 339 g/mol. The standard InChI is InChI=1S/C19H19FN2O4/c1-5-18(23)22(2)13-8-6-12(7-9-13)19(24)21-15-10-14(20)16(25-3)11-17(15)26-4/h5-11H,1H2,2-4H3,(H,21,24). The molecule has 2 amide bonds. The Morgan fingerprint density at radius 1 is 1.12 bits per heavy atom. The van der Waals surface area contributed by atoms with Gasteiger partial charge in [0.05, 0.1) is 19.9 Å². The molecule has 0 fully saturated rings. The highest BCUT2D eigenvalue weighted by Crippen LogP contribution is 2.32. The first-order valence-electron chi connectivity index (χ1n) is 7.64. The number of methoxy groups -OCH3 is 2. The number of amides is 2. The first kappa shape index (κ1) is 19.0. The highest BCUT2D eigenvalue weighted by Gasteiger charge is 2.15. The van der Waals surface area contributed by atoms with Gasteiger partial charge in [0.15, 0.2) is 11.6 Å². The fraction of sp³-hybridized carbons (Fsp3) is 0.158. The van der Waals surface area contributed by atoms with Crippen LogP contribution >= 0.6 is 0 Å². The monoisotopic (exact) mass is 358 g/mol. The lowest BCUT2D eigenvalue weighted by Crippen LogP contribution is -2.23. The van der Waals surface area contributed by atoms with E-state index in [9.17, 15) is 14.0 Å². The van der Waals surface area contributed by atoms with Gasteiger partial charge in [-0.1, -0.05) is 6.58 Å². The summed E-state index contributed by atoms with van der Waals surface area (Å²) in [4.78, 5) is 25.4. The van der Waals surface area contributed by atoms with Gasteiger partial charge in [0.2, 0.25) is 5.91 Å². The number of hydrogen-bond donors (Lipinski definition) is 1. The summed E-state index contributed by atoms with van der Waals surface area (Å²) in [5, 5.41) is 2.60. The first-order chi connectivity index (χ1) is 12.4. The fourth-order valence-electron chi connectivity index (χ4n) is 2.25. The van der Waals surface area contributed by atoms with E-state index in [1.54, 1.807) is 31.3 Å². The largest absolute Gasteiger partial charge is 0.494 e. The Hall–Kier alpha value is -3.35. The SMILES string of the molecule is C=CC(=O)N(C)c1ccc(C(=O)Nc2cc(F)c(OC)cc2OC)cc1. The second kappa shape index (κ2) is 8.15. The molecule has 0 spiro atoms. The summed E-state index contributed by atoms with van der Waals surface area (Å²) in [5.74, 6) is -1.05. The Bertz CT molecular complexity index is 834. The summed E-state index contributed by atoms with van der Waals surface area (Å²) in [6.07, 6.45) is 1.20. The summed E-state index contributed by atoms with van der Waals surface area (Å²) in [5.41, 5.74) is 1.13. The number of likely N-dealkylation sites (N-methyl/N-ethyl adjacent to an activating group) is 1. The number of anilines is 2. The number of ether oxygens (including phenoxy) is 2. The minimum atomic E-state index is -0.622. The third kappa shape index (κ3) is 4.00. The van der Waals surface area contributed by atoms with Crippen molar-refractivity contribution in [2.24, 2.45) is 0 Å². The summed E-state index contributed by atoms with van der Waals surface area (Å²) < 4.78 is 23.9. The predicted molar refractivity (Wildman–Crippen MR) is 97.5 cm³/mol. The molecule has 136 valence electrons. The van der Waals surface area contributed by atoms with Crippen LogP contribution in [0.5, 0.6) is 11.5 Å². The van der Waals surface area contributed by atoms with Gasteiger partial charge in [0, 0.05) is 30.4 Å². The molecule has 0 aliphatic heterocycles. The summed E-state index contributed by atoms with van der Waals surface area (Å²) in [6.45, 7) is 3.43. The van der Waals surface area contributed by atoms with E-state index in [2.05, 4.69) is 11.9 Å². The van der Waals surface area contributed by atoms with Crippen LogP contribution in [0.25, 0.3) is 0 Å². The van der Waals surface area contributed by atoms with Gasteiger partial charge in [0.25, 0.3) is 5.91 Å². The molecule has 2 aromatic carbocycles. The minimum absolute atomic E-state index is 0.0131. The lowest BCUT2D eigenvalue weighted by Gasteiger charge is -2.16. The van der Waals surface area contributed by atoms with E-state index in [-0.39, 0.29) is 23.1 Å². The summed E-state index contributed by atoms with van der Waals surface area (Å²) in [7, 11) is 4.35. The molecule has 0 atom stereocenters. The number of carbonyl (C=O) groups is 2. The Morgan fingerprint density at radius 2 is 1.73 bits per heavy atom. The van der Waals surface area contributed by atoms with Gasteiger partial charge < -0.3 is 19.7 Å². The van der Waals surface area contributed by atoms with Crippen LogP contribution in [0.15, 0.2) is 49.1 Å². The smallest absolute Gasteiger partial charge is 0.255 e. The molecule has 26 heavy (non-hydrogen) atoms. The van der Waals surface area contributed by atoms with Gasteiger partial charge in [-0.05, 0) is 30.3 Å². The van der Waals surface area contributed by atoms with Crippen LogP contribution in [0.2, 0.25) is 0 Å². The second-order valence-corrected chi connectivity index (χ2v) is 5.29. The quantitative estimate of drug-likeness (QED) is 0.805. The average Bonchev–Trinajstić information content (AvgIpc) is 2.67. The number of halogens is 1. The van der Waals surface area contributed by atoms with Gasteiger partial charge in [-0.2, -0.15) is 0 Å². The molecule has 0 aromatic heterocycles. The number of rotatable bonds is 6. The van der Waals surface area contributed by atoms with E-state index in [4.69, 9.17) is 9.47 Å². The van der Waals surface area contributed by atoms with Crippen LogP contribution < -0.4 is 19.7 Å². The zero-order valence-corrected chi connectivity index (χ0v) is 14.7. The highest BCUT2D eigenvalue weighted by atomic mass is 19.1. The van der Waals surface area contributed by atoms with Gasteiger partial charge in [-0.15, -0.1) is 0 Å². The predicted octanol–water partition coefficient (Wildman–Crippen LogP) is 3.24. The van der Waals surface area contributed by atoms with Crippen molar-refractivity contribution in [3.05, 3.63) is 60.4 Å². The van der Waals surface area contributed by atoms with Crippen molar-refractivity contribution >= 4 is 23.2 Å². The van der Waals surface area contributed by atoms with E-state index in [0.717, 1.165) is 6.07 Å². The zero-order chi connectivity index (χ0) is 19.3. The number of carbonyl (C=O) groups excluding carboxylic acids is 2. The van der Waals surface area contributed by atoms with Gasteiger partial charge in [0.1, 0.15) is 5.75 Å². The Balaban J connectivity index is 2.21.